The highest BCUT2D eigenvalue weighted by molar-refractivity contribution is 5.78. The van der Waals surface area contributed by atoms with Gasteiger partial charge in [-0.25, -0.2) is 4.39 Å². The Kier molecular flexibility index (Phi) is 4.48. The van der Waals surface area contributed by atoms with Gasteiger partial charge in [-0.1, -0.05) is 19.1 Å². The number of aromatic nitrogens is 2. The number of H-pyrrole nitrogens is 1. The van der Waals surface area contributed by atoms with Crippen LogP contribution in [0.15, 0.2) is 53.6 Å². The number of nitrogens with zero attached hydrogens (tertiary/aromatic N) is 1. The second kappa shape index (κ2) is 6.71. The van der Waals surface area contributed by atoms with Crippen LogP contribution in [0.2, 0.25) is 0 Å². The molecule has 0 spiro atoms. The monoisotopic (exact) mass is 311 g/mol. The van der Waals surface area contributed by atoms with Crippen LogP contribution in [-0.2, 0) is 6.54 Å². The van der Waals surface area contributed by atoms with Gasteiger partial charge in [0, 0.05) is 42.1 Å². The summed E-state index contributed by atoms with van der Waals surface area (Å²) in [5.41, 5.74) is 1.83. The number of hydrogen-bond donors (Lipinski definition) is 2. The van der Waals surface area contributed by atoms with Gasteiger partial charge in [0.1, 0.15) is 5.82 Å². The number of aromatic amines is 1. The summed E-state index contributed by atoms with van der Waals surface area (Å²) >= 11 is 0. The first-order chi connectivity index (χ1) is 11.2. The van der Waals surface area contributed by atoms with E-state index in [-0.39, 0.29) is 17.0 Å². The van der Waals surface area contributed by atoms with E-state index in [9.17, 15) is 9.18 Å². The molecule has 1 unspecified atom stereocenters. The van der Waals surface area contributed by atoms with Gasteiger partial charge in [0.2, 0.25) is 0 Å². The number of hydrogen-bond acceptors (Lipinski definition) is 3. The maximum atomic E-state index is 13.9. The van der Waals surface area contributed by atoms with E-state index >= 15 is 0 Å². The Morgan fingerprint density at radius 3 is 2.91 bits per heavy atom. The molecule has 0 aliphatic rings. The molecule has 0 amide bonds. The largest absolute Gasteiger partial charge is 0.355 e. The van der Waals surface area contributed by atoms with Gasteiger partial charge in [-0.2, -0.15) is 0 Å². The first-order valence-corrected chi connectivity index (χ1v) is 7.62. The van der Waals surface area contributed by atoms with Crippen LogP contribution in [0.1, 0.15) is 30.6 Å². The van der Waals surface area contributed by atoms with Crippen molar-refractivity contribution in [3.63, 3.8) is 0 Å². The molecule has 1 atom stereocenters. The number of fused-ring (bicyclic) bond motifs is 1. The quantitative estimate of drug-likeness (QED) is 0.760. The molecular weight excluding hydrogens is 293 g/mol. The molecule has 23 heavy (non-hydrogen) atoms. The molecule has 3 aromatic rings. The van der Waals surface area contributed by atoms with Gasteiger partial charge in [0.15, 0.2) is 5.43 Å². The van der Waals surface area contributed by atoms with Crippen molar-refractivity contribution in [2.24, 2.45) is 0 Å². The Morgan fingerprint density at radius 1 is 1.30 bits per heavy atom. The molecule has 0 aliphatic carbocycles. The van der Waals surface area contributed by atoms with E-state index in [0.717, 1.165) is 12.0 Å². The van der Waals surface area contributed by atoms with Crippen LogP contribution in [0.3, 0.4) is 0 Å². The lowest BCUT2D eigenvalue weighted by Crippen LogP contribution is -2.22. The van der Waals surface area contributed by atoms with Crippen LogP contribution in [0.25, 0.3) is 10.9 Å². The predicted octanol–water partition coefficient (Wildman–Crippen LogP) is 3.30. The lowest BCUT2D eigenvalue weighted by Gasteiger charge is -2.17. The SMILES string of the molecule is CCC(NCc1cc(=O)c2cccc(F)c2[nH]1)c1cccnc1. The van der Waals surface area contributed by atoms with Gasteiger partial charge in [-0.3, -0.25) is 9.78 Å². The van der Waals surface area contributed by atoms with Crippen LogP contribution in [0, 0.1) is 5.82 Å². The van der Waals surface area contributed by atoms with E-state index < -0.39 is 5.82 Å². The summed E-state index contributed by atoms with van der Waals surface area (Å²) in [4.78, 5) is 19.3. The van der Waals surface area contributed by atoms with E-state index in [4.69, 9.17) is 0 Å². The topological polar surface area (TPSA) is 57.8 Å². The maximum absolute atomic E-state index is 13.9. The highest BCUT2D eigenvalue weighted by atomic mass is 19.1. The molecule has 0 saturated carbocycles. The maximum Gasteiger partial charge on any atom is 0.189 e. The lowest BCUT2D eigenvalue weighted by atomic mass is 10.1. The van der Waals surface area contributed by atoms with E-state index in [0.29, 0.717) is 17.6 Å². The van der Waals surface area contributed by atoms with Crippen molar-refractivity contribution in [3.8, 4) is 0 Å². The summed E-state index contributed by atoms with van der Waals surface area (Å²) in [7, 11) is 0. The minimum atomic E-state index is -0.416. The van der Waals surface area contributed by atoms with Gasteiger partial charge >= 0.3 is 0 Å². The molecule has 4 nitrogen and oxygen atoms in total. The number of halogens is 1. The summed E-state index contributed by atoms with van der Waals surface area (Å²) < 4.78 is 13.9. The third kappa shape index (κ3) is 3.29. The van der Waals surface area contributed by atoms with Gasteiger partial charge in [-0.15, -0.1) is 0 Å². The molecule has 5 heteroatoms. The van der Waals surface area contributed by atoms with Crippen molar-refractivity contribution in [1.29, 1.82) is 0 Å². The molecule has 0 bridgehead atoms. The van der Waals surface area contributed by atoms with Crippen LogP contribution in [-0.4, -0.2) is 9.97 Å². The number of rotatable bonds is 5. The zero-order chi connectivity index (χ0) is 16.2. The van der Waals surface area contributed by atoms with Crippen molar-refractivity contribution >= 4 is 10.9 Å². The van der Waals surface area contributed by atoms with E-state index in [1.807, 2.05) is 18.3 Å². The lowest BCUT2D eigenvalue weighted by molar-refractivity contribution is 0.513. The van der Waals surface area contributed by atoms with Crippen LogP contribution in [0.5, 0.6) is 0 Å². The van der Waals surface area contributed by atoms with Crippen molar-refractivity contribution in [3.05, 3.63) is 76.1 Å². The molecule has 1 aromatic carbocycles. The summed E-state index contributed by atoms with van der Waals surface area (Å²) in [6, 6.07) is 10.1. The normalized spacial score (nSPS) is 12.4. The predicted molar refractivity (Wildman–Crippen MR) is 88.6 cm³/mol. The average Bonchev–Trinajstić information content (AvgIpc) is 2.57. The smallest absolute Gasteiger partial charge is 0.189 e. The molecular formula is C18H18FN3O. The highest BCUT2D eigenvalue weighted by Gasteiger charge is 2.10. The van der Waals surface area contributed by atoms with E-state index in [2.05, 4.69) is 22.2 Å². The first kappa shape index (κ1) is 15.4. The van der Waals surface area contributed by atoms with E-state index in [1.165, 1.54) is 12.1 Å². The van der Waals surface area contributed by atoms with Gasteiger partial charge in [-0.05, 0) is 30.2 Å². The molecule has 0 fully saturated rings. The zero-order valence-corrected chi connectivity index (χ0v) is 12.8. The molecule has 118 valence electrons. The zero-order valence-electron chi connectivity index (χ0n) is 12.8. The Hall–Kier alpha value is -2.53. The number of pyridine rings is 2. The second-order valence-corrected chi connectivity index (χ2v) is 5.45. The van der Waals surface area contributed by atoms with Gasteiger partial charge < -0.3 is 10.3 Å². The molecule has 2 heterocycles. The van der Waals surface area contributed by atoms with Crippen LogP contribution >= 0.6 is 0 Å². The molecule has 0 aliphatic heterocycles. The molecule has 2 aromatic heterocycles. The third-order valence-corrected chi connectivity index (χ3v) is 3.90. The summed E-state index contributed by atoms with van der Waals surface area (Å²) in [6.45, 7) is 2.53. The average molecular weight is 311 g/mol. The molecule has 2 N–H and O–H groups in total. The fourth-order valence-electron chi connectivity index (χ4n) is 2.70. The second-order valence-electron chi connectivity index (χ2n) is 5.45. The van der Waals surface area contributed by atoms with Crippen molar-refractivity contribution in [2.75, 3.05) is 0 Å². The minimum Gasteiger partial charge on any atom is -0.355 e. The Bertz CT molecular complexity index is 861. The highest BCUT2D eigenvalue weighted by Crippen LogP contribution is 2.16. The molecule has 0 radical (unpaired) electrons. The van der Waals surface area contributed by atoms with Crippen molar-refractivity contribution in [2.45, 2.75) is 25.9 Å². The summed E-state index contributed by atoms with van der Waals surface area (Å²) in [6.07, 6.45) is 4.45. The fraction of sp³-hybridized carbons (Fsp3) is 0.222. The Labute approximate surface area is 133 Å². The summed E-state index contributed by atoms with van der Waals surface area (Å²) in [5, 5.41) is 3.75. The van der Waals surface area contributed by atoms with Crippen molar-refractivity contribution in [1.82, 2.24) is 15.3 Å². The molecule has 0 saturated heterocycles. The third-order valence-electron chi connectivity index (χ3n) is 3.90. The van der Waals surface area contributed by atoms with Crippen LogP contribution in [0.4, 0.5) is 4.39 Å². The fourth-order valence-corrected chi connectivity index (χ4v) is 2.70. The number of para-hydroxylation sites is 1. The number of nitrogens with one attached hydrogen (secondary N) is 2. The van der Waals surface area contributed by atoms with Crippen LogP contribution < -0.4 is 10.7 Å². The van der Waals surface area contributed by atoms with E-state index in [1.54, 1.807) is 18.3 Å². The van der Waals surface area contributed by atoms with Gasteiger partial charge in [0.25, 0.3) is 0 Å². The summed E-state index contributed by atoms with van der Waals surface area (Å²) in [5.74, 6) is -0.416. The Balaban J connectivity index is 1.84. The number of benzene rings is 1. The minimum absolute atomic E-state index is 0.128. The van der Waals surface area contributed by atoms with Crippen molar-refractivity contribution < 1.29 is 4.39 Å². The Morgan fingerprint density at radius 2 is 2.17 bits per heavy atom. The first-order valence-electron chi connectivity index (χ1n) is 7.62. The molecule has 3 rings (SSSR count). The standard InChI is InChI=1S/C18H18FN3O/c1-2-16(12-5-4-8-20-10-12)21-11-13-9-17(23)14-6-3-7-15(19)18(14)22-13/h3-10,16,21H,2,11H2,1H3,(H,22,23). The van der Waals surface area contributed by atoms with Gasteiger partial charge in [0.05, 0.1) is 5.52 Å².